The highest BCUT2D eigenvalue weighted by Gasteiger charge is 2.53. The molecule has 43 heavy (non-hydrogen) atoms. The standard InChI is InChI=1S/C37H43NO5/c1-25(2)30-18-16-26(3)31-23-33(42-34(39)19-17-27-12-8-6-9-13-27)36(4)20-21-37(41-5,43-36)29(22-32(30)31)24-38-35(40)28-14-10-7-11-15-28/h6-17,19-22,25,30-33H,18,23-24H2,1-5H3,(H,38,40)/b19-17+,29-22-/t30-,31+,32-,33+,36+,37-/m1/s1. The normalized spacial score (nSPS) is 31.3. The van der Waals surface area contributed by atoms with E-state index in [1.54, 1.807) is 25.3 Å². The first-order valence-corrected chi connectivity index (χ1v) is 15.2. The molecule has 1 N–H and O–H groups in total. The Hall–Kier alpha value is -3.74. The van der Waals surface area contributed by atoms with Crippen molar-refractivity contribution in [2.24, 2.45) is 23.7 Å². The molecule has 1 amide bonds. The van der Waals surface area contributed by atoms with Crippen LogP contribution in [0.15, 0.2) is 102 Å². The zero-order chi connectivity index (χ0) is 30.6. The molecule has 0 spiro atoms. The Kier molecular flexibility index (Phi) is 9.19. The van der Waals surface area contributed by atoms with Crippen LogP contribution in [0.4, 0.5) is 0 Å². The number of carbonyl (C=O) groups is 2. The molecule has 0 saturated carbocycles. The molecule has 5 rings (SSSR count). The summed E-state index contributed by atoms with van der Waals surface area (Å²) in [4.78, 5) is 26.3. The van der Waals surface area contributed by atoms with E-state index in [-0.39, 0.29) is 24.3 Å². The number of carbonyl (C=O) groups excluding carboxylic acids is 2. The Morgan fingerprint density at radius 3 is 2.44 bits per heavy atom. The van der Waals surface area contributed by atoms with Crippen LogP contribution in [0, 0.1) is 23.7 Å². The van der Waals surface area contributed by atoms with Crippen LogP contribution in [0.2, 0.25) is 0 Å². The summed E-state index contributed by atoms with van der Waals surface area (Å²) >= 11 is 0. The molecule has 6 nitrogen and oxygen atoms in total. The van der Waals surface area contributed by atoms with Crippen molar-refractivity contribution in [3.05, 3.63) is 113 Å². The highest BCUT2D eigenvalue weighted by molar-refractivity contribution is 5.94. The lowest BCUT2D eigenvalue weighted by atomic mass is 9.65. The molecule has 3 aliphatic rings. The fourth-order valence-electron chi connectivity index (χ4n) is 6.72. The SMILES string of the molecule is CO[C@]12C=C[C@](C)(O1)[C@@H](OC(=O)/C=C/c1ccccc1)C[C@H]1C(C)=CC[C@H](C(C)C)[C@H]1/C=C\2CNC(=O)c1ccccc1. The first-order valence-electron chi connectivity index (χ1n) is 15.2. The highest BCUT2D eigenvalue weighted by Crippen LogP contribution is 2.49. The van der Waals surface area contributed by atoms with Crippen LogP contribution in [0.25, 0.3) is 6.08 Å². The largest absolute Gasteiger partial charge is 0.456 e. The van der Waals surface area contributed by atoms with Crippen LogP contribution in [0.3, 0.4) is 0 Å². The second kappa shape index (κ2) is 12.9. The van der Waals surface area contributed by atoms with Gasteiger partial charge in [0, 0.05) is 30.9 Å². The average Bonchev–Trinajstić information content (AvgIpc) is 3.39. The van der Waals surface area contributed by atoms with E-state index in [1.807, 2.05) is 67.6 Å². The molecule has 0 fully saturated rings. The summed E-state index contributed by atoms with van der Waals surface area (Å²) in [6, 6.07) is 18.9. The van der Waals surface area contributed by atoms with E-state index >= 15 is 0 Å². The Labute approximate surface area is 255 Å². The number of rotatable bonds is 8. The number of hydrogen-bond donors (Lipinski definition) is 1. The molecule has 0 unspecified atom stereocenters. The number of fused-ring (bicyclic) bond motifs is 3. The van der Waals surface area contributed by atoms with Crippen molar-refractivity contribution in [1.29, 1.82) is 0 Å². The van der Waals surface area contributed by atoms with Crippen LogP contribution in [0.1, 0.15) is 56.5 Å². The van der Waals surface area contributed by atoms with Crippen molar-refractivity contribution in [2.75, 3.05) is 13.7 Å². The van der Waals surface area contributed by atoms with Crippen molar-refractivity contribution in [3.8, 4) is 0 Å². The first kappa shape index (κ1) is 30.7. The molecule has 6 atom stereocenters. The Morgan fingerprint density at radius 1 is 1.07 bits per heavy atom. The summed E-state index contributed by atoms with van der Waals surface area (Å²) in [6.45, 7) is 8.90. The van der Waals surface area contributed by atoms with Gasteiger partial charge < -0.3 is 19.5 Å². The molecule has 2 bridgehead atoms. The molecule has 2 heterocycles. The van der Waals surface area contributed by atoms with Crippen LogP contribution in [0.5, 0.6) is 0 Å². The van der Waals surface area contributed by atoms with Gasteiger partial charge in [-0.3, -0.25) is 4.79 Å². The van der Waals surface area contributed by atoms with Gasteiger partial charge in [0.1, 0.15) is 11.7 Å². The second-order valence-electron chi connectivity index (χ2n) is 12.4. The van der Waals surface area contributed by atoms with Gasteiger partial charge in [-0.25, -0.2) is 4.79 Å². The Bertz CT molecular complexity index is 1430. The molecule has 2 aromatic carbocycles. The van der Waals surface area contributed by atoms with Gasteiger partial charge in [0.25, 0.3) is 5.91 Å². The summed E-state index contributed by atoms with van der Waals surface area (Å²) in [5.74, 6) is -0.739. The predicted molar refractivity (Wildman–Crippen MR) is 169 cm³/mol. The predicted octanol–water partition coefficient (Wildman–Crippen LogP) is 6.91. The second-order valence-corrected chi connectivity index (χ2v) is 12.4. The van der Waals surface area contributed by atoms with Crippen molar-refractivity contribution < 1.29 is 23.8 Å². The van der Waals surface area contributed by atoms with E-state index in [0.29, 0.717) is 23.8 Å². The zero-order valence-electron chi connectivity index (χ0n) is 25.8. The van der Waals surface area contributed by atoms with Crippen molar-refractivity contribution in [1.82, 2.24) is 5.32 Å². The number of esters is 1. The molecular weight excluding hydrogens is 538 g/mol. The fourth-order valence-corrected chi connectivity index (χ4v) is 6.72. The van der Waals surface area contributed by atoms with E-state index < -0.39 is 23.5 Å². The van der Waals surface area contributed by atoms with Crippen LogP contribution < -0.4 is 5.32 Å². The summed E-state index contributed by atoms with van der Waals surface area (Å²) < 4.78 is 19.2. The smallest absolute Gasteiger partial charge is 0.331 e. The third kappa shape index (κ3) is 6.61. The van der Waals surface area contributed by atoms with E-state index in [0.717, 1.165) is 17.6 Å². The number of hydrogen-bond acceptors (Lipinski definition) is 5. The van der Waals surface area contributed by atoms with Gasteiger partial charge in [0.05, 0.1) is 0 Å². The number of ether oxygens (including phenoxy) is 3. The van der Waals surface area contributed by atoms with Crippen LogP contribution >= 0.6 is 0 Å². The van der Waals surface area contributed by atoms with Gasteiger partial charge in [-0.1, -0.05) is 80.1 Å². The minimum Gasteiger partial charge on any atom is -0.456 e. The molecule has 2 aromatic rings. The molecule has 0 radical (unpaired) electrons. The van der Waals surface area contributed by atoms with Gasteiger partial charge in [0.15, 0.2) is 0 Å². The number of amides is 1. The number of allylic oxidation sites excluding steroid dienone is 3. The van der Waals surface area contributed by atoms with E-state index in [1.165, 1.54) is 11.6 Å². The van der Waals surface area contributed by atoms with Crippen molar-refractivity contribution in [3.63, 3.8) is 0 Å². The summed E-state index contributed by atoms with van der Waals surface area (Å²) in [5, 5.41) is 3.11. The van der Waals surface area contributed by atoms with Crippen LogP contribution in [-0.2, 0) is 19.0 Å². The van der Waals surface area contributed by atoms with Crippen molar-refractivity contribution in [2.45, 2.75) is 58.0 Å². The highest BCUT2D eigenvalue weighted by atomic mass is 16.7. The molecule has 226 valence electrons. The van der Waals surface area contributed by atoms with E-state index in [2.05, 4.69) is 38.2 Å². The third-order valence-electron chi connectivity index (χ3n) is 9.31. The molecular formula is C37H43NO5. The Balaban J connectivity index is 1.50. The van der Waals surface area contributed by atoms with Gasteiger partial charge in [-0.15, -0.1) is 0 Å². The maximum absolute atomic E-state index is 13.2. The van der Waals surface area contributed by atoms with E-state index in [4.69, 9.17) is 14.2 Å². The zero-order valence-corrected chi connectivity index (χ0v) is 25.8. The number of nitrogens with one attached hydrogen (secondary N) is 1. The van der Waals surface area contributed by atoms with Crippen LogP contribution in [-0.4, -0.2) is 43.0 Å². The lowest BCUT2D eigenvalue weighted by Gasteiger charge is -2.41. The topological polar surface area (TPSA) is 73.9 Å². The van der Waals surface area contributed by atoms with Gasteiger partial charge in [-0.2, -0.15) is 0 Å². The maximum Gasteiger partial charge on any atom is 0.331 e. The van der Waals surface area contributed by atoms with Gasteiger partial charge in [0.2, 0.25) is 5.79 Å². The number of benzene rings is 2. The summed E-state index contributed by atoms with van der Waals surface area (Å²) in [5.41, 5.74) is 2.69. The minimum absolute atomic E-state index is 0.124. The first-order chi connectivity index (χ1) is 20.6. The summed E-state index contributed by atoms with van der Waals surface area (Å²) in [7, 11) is 1.62. The number of methoxy groups -OCH3 is 1. The minimum atomic E-state index is -1.21. The molecule has 0 aromatic heterocycles. The van der Waals surface area contributed by atoms with Gasteiger partial charge >= 0.3 is 5.97 Å². The third-order valence-corrected chi connectivity index (χ3v) is 9.31. The molecule has 1 aliphatic carbocycles. The molecule has 2 aliphatic heterocycles. The fraction of sp³-hybridized carbons (Fsp3) is 0.405. The Morgan fingerprint density at radius 2 is 1.77 bits per heavy atom. The van der Waals surface area contributed by atoms with E-state index in [9.17, 15) is 9.59 Å². The summed E-state index contributed by atoms with van der Waals surface area (Å²) in [6.07, 6.45) is 12.7. The molecule has 6 heteroatoms. The lowest BCUT2D eigenvalue weighted by Crippen LogP contribution is -2.48. The maximum atomic E-state index is 13.2. The van der Waals surface area contributed by atoms with Gasteiger partial charge in [-0.05, 0) is 86.3 Å². The average molecular weight is 582 g/mol. The van der Waals surface area contributed by atoms with Crippen molar-refractivity contribution >= 4 is 18.0 Å². The lowest BCUT2D eigenvalue weighted by molar-refractivity contribution is -0.225. The molecule has 0 saturated heterocycles. The monoisotopic (exact) mass is 581 g/mol. The quantitative estimate of drug-likeness (QED) is 0.208.